The first-order chi connectivity index (χ1) is 7.92. The van der Waals surface area contributed by atoms with Crippen LogP contribution < -0.4 is 0 Å². The molecule has 0 aliphatic heterocycles. The van der Waals surface area contributed by atoms with Crippen molar-refractivity contribution in [2.45, 2.75) is 6.42 Å². The minimum atomic E-state index is 0.880. The molecule has 3 aromatic rings. The van der Waals surface area contributed by atoms with Gasteiger partial charge in [-0.15, -0.1) is 0 Å². The van der Waals surface area contributed by atoms with Gasteiger partial charge in [0.15, 0.2) is 0 Å². The number of nitrogens with one attached hydrogen (secondary N) is 1. The predicted molar refractivity (Wildman–Crippen MR) is 63.1 cm³/mol. The van der Waals surface area contributed by atoms with Gasteiger partial charge in [-0.25, -0.2) is 4.98 Å². The van der Waals surface area contributed by atoms with E-state index in [1.165, 1.54) is 10.9 Å². The minimum absolute atomic E-state index is 0.880. The number of aromatic amines is 1. The number of nitrogens with zero attached hydrogens (tertiary/aromatic N) is 2. The van der Waals surface area contributed by atoms with Gasteiger partial charge in [-0.1, -0.05) is 12.1 Å². The summed E-state index contributed by atoms with van der Waals surface area (Å²) >= 11 is 0. The van der Waals surface area contributed by atoms with Crippen molar-refractivity contribution >= 4 is 10.9 Å². The van der Waals surface area contributed by atoms with Crippen LogP contribution in [0.1, 0.15) is 11.3 Å². The number of fused-ring (bicyclic) bond motifs is 1. The second kappa shape index (κ2) is 3.77. The SMILES string of the molecule is c1cnc2ccc(Cc3cnc[nH]3)cc2c1. The lowest BCUT2D eigenvalue weighted by Gasteiger charge is -2.01. The zero-order chi connectivity index (χ0) is 10.8. The summed E-state index contributed by atoms with van der Waals surface area (Å²) in [6.45, 7) is 0. The van der Waals surface area contributed by atoms with Crippen molar-refractivity contribution in [2.75, 3.05) is 0 Å². The molecule has 0 aliphatic carbocycles. The van der Waals surface area contributed by atoms with Crippen LogP contribution in [0.5, 0.6) is 0 Å². The van der Waals surface area contributed by atoms with Crippen molar-refractivity contribution in [2.24, 2.45) is 0 Å². The van der Waals surface area contributed by atoms with Gasteiger partial charge in [0, 0.05) is 29.9 Å². The number of imidazole rings is 1. The molecule has 0 fully saturated rings. The molecule has 78 valence electrons. The topological polar surface area (TPSA) is 41.6 Å². The molecule has 3 rings (SSSR count). The number of aromatic nitrogens is 3. The quantitative estimate of drug-likeness (QED) is 0.704. The largest absolute Gasteiger partial charge is 0.348 e. The monoisotopic (exact) mass is 209 g/mol. The molecule has 3 nitrogen and oxygen atoms in total. The van der Waals surface area contributed by atoms with Crippen molar-refractivity contribution in [1.82, 2.24) is 15.0 Å². The third kappa shape index (κ3) is 1.67. The number of pyridine rings is 1. The Labute approximate surface area is 93.2 Å². The number of benzene rings is 1. The molecule has 0 spiro atoms. The average Bonchev–Trinajstić information content (AvgIpc) is 2.82. The van der Waals surface area contributed by atoms with Gasteiger partial charge in [-0.3, -0.25) is 4.98 Å². The fourth-order valence-electron chi connectivity index (χ4n) is 1.84. The number of rotatable bonds is 2. The second-order valence-corrected chi connectivity index (χ2v) is 3.78. The van der Waals surface area contributed by atoms with Crippen LogP contribution in [-0.2, 0) is 6.42 Å². The first-order valence-corrected chi connectivity index (χ1v) is 5.23. The van der Waals surface area contributed by atoms with E-state index in [1.54, 1.807) is 6.33 Å². The third-order valence-corrected chi connectivity index (χ3v) is 2.62. The zero-order valence-corrected chi connectivity index (χ0v) is 8.72. The Bertz CT molecular complexity index is 599. The van der Waals surface area contributed by atoms with Crippen LogP contribution in [-0.4, -0.2) is 15.0 Å². The Hall–Kier alpha value is -2.16. The molecule has 16 heavy (non-hydrogen) atoms. The molecule has 0 radical (unpaired) electrons. The lowest BCUT2D eigenvalue weighted by molar-refractivity contribution is 1.11. The maximum absolute atomic E-state index is 4.30. The number of hydrogen-bond donors (Lipinski definition) is 1. The smallest absolute Gasteiger partial charge is 0.0921 e. The zero-order valence-electron chi connectivity index (χ0n) is 8.72. The highest BCUT2D eigenvalue weighted by molar-refractivity contribution is 5.78. The molecule has 2 heterocycles. The fraction of sp³-hybridized carbons (Fsp3) is 0.0769. The van der Waals surface area contributed by atoms with E-state index in [1.807, 2.05) is 18.5 Å². The summed E-state index contributed by atoms with van der Waals surface area (Å²) in [4.78, 5) is 11.4. The molecular weight excluding hydrogens is 198 g/mol. The van der Waals surface area contributed by atoms with Gasteiger partial charge < -0.3 is 4.98 Å². The highest BCUT2D eigenvalue weighted by atomic mass is 14.9. The van der Waals surface area contributed by atoms with Gasteiger partial charge in [0.1, 0.15) is 0 Å². The van der Waals surface area contributed by atoms with Gasteiger partial charge in [0.25, 0.3) is 0 Å². The maximum Gasteiger partial charge on any atom is 0.0921 e. The van der Waals surface area contributed by atoms with Crippen LogP contribution in [0.25, 0.3) is 10.9 Å². The summed E-state index contributed by atoms with van der Waals surface area (Å²) in [6, 6.07) is 10.4. The van der Waals surface area contributed by atoms with E-state index in [2.05, 4.69) is 39.2 Å². The van der Waals surface area contributed by atoms with Crippen LogP contribution in [0.3, 0.4) is 0 Å². The molecule has 0 bridgehead atoms. The van der Waals surface area contributed by atoms with E-state index in [4.69, 9.17) is 0 Å². The Balaban J connectivity index is 1.99. The molecule has 0 amide bonds. The van der Waals surface area contributed by atoms with Crippen LogP contribution in [0.4, 0.5) is 0 Å². The molecule has 0 saturated heterocycles. The van der Waals surface area contributed by atoms with Gasteiger partial charge in [0.2, 0.25) is 0 Å². The van der Waals surface area contributed by atoms with E-state index in [9.17, 15) is 0 Å². The van der Waals surface area contributed by atoms with Gasteiger partial charge in [0.05, 0.1) is 11.8 Å². The van der Waals surface area contributed by atoms with E-state index < -0.39 is 0 Å². The van der Waals surface area contributed by atoms with Crippen molar-refractivity contribution in [3.63, 3.8) is 0 Å². The average molecular weight is 209 g/mol. The molecule has 3 heteroatoms. The molecule has 2 aromatic heterocycles. The third-order valence-electron chi connectivity index (χ3n) is 2.62. The molecule has 0 atom stereocenters. The lowest BCUT2D eigenvalue weighted by atomic mass is 10.1. The maximum atomic E-state index is 4.30. The molecule has 0 saturated carbocycles. The summed E-state index contributed by atoms with van der Waals surface area (Å²) in [5.74, 6) is 0. The molecule has 0 aliphatic rings. The highest BCUT2D eigenvalue weighted by Gasteiger charge is 1.99. The Morgan fingerprint density at radius 2 is 2.19 bits per heavy atom. The van der Waals surface area contributed by atoms with E-state index in [0.717, 1.165) is 17.6 Å². The van der Waals surface area contributed by atoms with E-state index >= 15 is 0 Å². The van der Waals surface area contributed by atoms with E-state index in [0.29, 0.717) is 0 Å². The van der Waals surface area contributed by atoms with Crippen molar-refractivity contribution in [3.8, 4) is 0 Å². The Morgan fingerprint density at radius 3 is 3.06 bits per heavy atom. The summed E-state index contributed by atoms with van der Waals surface area (Å²) in [5.41, 5.74) is 3.43. The highest BCUT2D eigenvalue weighted by Crippen LogP contribution is 2.15. The number of H-pyrrole nitrogens is 1. The van der Waals surface area contributed by atoms with Crippen LogP contribution in [0.2, 0.25) is 0 Å². The Kier molecular flexibility index (Phi) is 2.14. The lowest BCUT2D eigenvalue weighted by Crippen LogP contribution is -1.88. The van der Waals surface area contributed by atoms with Gasteiger partial charge in [-0.05, 0) is 23.8 Å². The first kappa shape index (κ1) is 9.09. The minimum Gasteiger partial charge on any atom is -0.348 e. The normalized spacial score (nSPS) is 10.8. The summed E-state index contributed by atoms with van der Waals surface area (Å²) < 4.78 is 0. The summed E-state index contributed by atoms with van der Waals surface area (Å²) in [7, 11) is 0. The summed E-state index contributed by atoms with van der Waals surface area (Å²) in [5, 5.41) is 1.18. The van der Waals surface area contributed by atoms with Gasteiger partial charge >= 0.3 is 0 Å². The van der Waals surface area contributed by atoms with Crippen molar-refractivity contribution in [3.05, 3.63) is 60.3 Å². The Morgan fingerprint density at radius 1 is 1.19 bits per heavy atom. The van der Waals surface area contributed by atoms with Crippen LogP contribution in [0, 0.1) is 0 Å². The van der Waals surface area contributed by atoms with Crippen molar-refractivity contribution in [1.29, 1.82) is 0 Å². The first-order valence-electron chi connectivity index (χ1n) is 5.23. The molecular formula is C13H11N3. The summed E-state index contributed by atoms with van der Waals surface area (Å²) in [6.07, 6.45) is 6.26. The predicted octanol–water partition coefficient (Wildman–Crippen LogP) is 2.55. The molecule has 0 unspecified atom stereocenters. The molecule has 1 N–H and O–H groups in total. The molecule has 1 aromatic carbocycles. The van der Waals surface area contributed by atoms with Crippen molar-refractivity contribution < 1.29 is 0 Å². The van der Waals surface area contributed by atoms with Gasteiger partial charge in [-0.2, -0.15) is 0 Å². The standard InChI is InChI=1S/C13H11N3/c1-2-11-6-10(3-4-13(11)15-5-1)7-12-8-14-9-16-12/h1-6,8-9H,7H2,(H,14,16). The van der Waals surface area contributed by atoms with E-state index in [-0.39, 0.29) is 0 Å². The van der Waals surface area contributed by atoms with Crippen LogP contribution in [0.15, 0.2) is 49.1 Å². The second-order valence-electron chi connectivity index (χ2n) is 3.78. The number of hydrogen-bond acceptors (Lipinski definition) is 2. The van der Waals surface area contributed by atoms with Crippen LogP contribution >= 0.6 is 0 Å². The fourth-order valence-corrected chi connectivity index (χ4v) is 1.84.